The molecule has 8 amide bonds. The Kier molecular flexibility index (Phi) is 62.6. The van der Waals surface area contributed by atoms with Crippen molar-refractivity contribution in [2.45, 2.75) is 165 Å². The SMILES string of the molecule is C.C.C.C.C.C.C.C.C.C.C=O.C=O.CC(COCC(COCC(C)C(=O)ON1C(=O)CCC1=O)OCCOC(COCCOCCC(=O)ON1C(=O)CCC1=O)COCCOCCC(=O)ON1C(=O)CCC1=O)C(=O)ON1C(=O)CCC1=O. The first kappa shape index (κ1) is 96.6. The number of carbonyl (C=O) groups is 14. The number of amides is 8. The Morgan fingerprint density at radius 2 is 0.560 bits per heavy atom. The van der Waals surface area contributed by atoms with Gasteiger partial charge in [-0.25, -0.2) is 19.2 Å². The standard InChI is InChI=1S/C42H58N4O24.2CH2O.10CH4/c1-27(41(57)69-45-35(51)7-8-36(45)52)21-63-25-30(26-64-22-28(2)42(58)70-46-37(53)9-10-38(46)54)66-20-19-65-29(23-61-17-15-59-13-11-39(55)67-43-31(47)3-4-32(43)48)24-62-18-16-60-14-12-40(56)68-44-33(49)5-6-34(44)50;2*1-2;;;;;;;;;;/h27-30H,3-26H2,1-2H3;2*1H2;10*1H4. The highest BCUT2D eigenvalue weighted by Gasteiger charge is 2.37. The molecule has 0 aromatic rings. The zero-order valence-corrected chi connectivity index (χ0v) is 41.1. The summed E-state index contributed by atoms with van der Waals surface area (Å²) < 4.78 is 45.5. The van der Waals surface area contributed by atoms with Crippen molar-refractivity contribution in [3.8, 4) is 0 Å². The molecule has 4 saturated heterocycles. The molecule has 2 unspecified atom stereocenters. The van der Waals surface area contributed by atoms with Gasteiger partial charge in [-0.15, -0.1) is 20.3 Å². The summed E-state index contributed by atoms with van der Waals surface area (Å²) in [4.78, 5) is 179. The number of nitrogens with zero attached hydrogens (tertiary/aromatic N) is 4. The molecular formula is C54H102N4O26. The average Bonchev–Trinajstić information content (AvgIpc) is 4.10. The van der Waals surface area contributed by atoms with E-state index in [1.54, 1.807) is 0 Å². The second kappa shape index (κ2) is 54.4. The number of hydroxylamine groups is 8. The largest absolute Gasteiger partial charge is 0.378 e. The molecule has 2 atom stereocenters. The van der Waals surface area contributed by atoms with Gasteiger partial charge in [0, 0.05) is 51.4 Å². The highest BCUT2D eigenvalue weighted by molar-refractivity contribution is 6.03. The predicted octanol–water partition coefficient (Wildman–Crippen LogP) is 4.33. The fraction of sp³-hybridized carbons (Fsp3) is 0.741. The third-order valence-electron chi connectivity index (χ3n) is 9.96. The summed E-state index contributed by atoms with van der Waals surface area (Å²) in [5.74, 6) is -10.2. The average molecular weight is 1220 g/mol. The summed E-state index contributed by atoms with van der Waals surface area (Å²) >= 11 is 0. The summed E-state index contributed by atoms with van der Waals surface area (Å²) in [7, 11) is 0. The van der Waals surface area contributed by atoms with Gasteiger partial charge >= 0.3 is 23.9 Å². The third kappa shape index (κ3) is 35.6. The van der Waals surface area contributed by atoms with Gasteiger partial charge in [0.2, 0.25) is 0 Å². The summed E-state index contributed by atoms with van der Waals surface area (Å²) in [5, 5.41) is 1.73. The topological polar surface area (TPSA) is 363 Å². The molecule has 0 radical (unpaired) electrons. The molecule has 4 heterocycles. The smallest absolute Gasteiger partial charge is 0.338 e. The van der Waals surface area contributed by atoms with E-state index in [1.165, 1.54) is 13.8 Å². The summed E-state index contributed by atoms with van der Waals surface area (Å²) in [6, 6.07) is 0. The van der Waals surface area contributed by atoms with Crippen molar-refractivity contribution in [2.75, 3.05) is 92.5 Å². The van der Waals surface area contributed by atoms with E-state index in [0.717, 1.165) is 0 Å². The van der Waals surface area contributed by atoms with Crippen LogP contribution in [-0.2, 0) is 124 Å². The van der Waals surface area contributed by atoms with Gasteiger partial charge in [0.05, 0.1) is 117 Å². The molecular weight excluding hydrogens is 1120 g/mol. The van der Waals surface area contributed by atoms with Crippen molar-refractivity contribution < 1.29 is 124 Å². The number of hydrogen-bond acceptors (Lipinski definition) is 26. The van der Waals surface area contributed by atoms with Crippen LogP contribution < -0.4 is 0 Å². The lowest BCUT2D eigenvalue weighted by Gasteiger charge is -2.22. The molecule has 0 aliphatic carbocycles. The fourth-order valence-electron chi connectivity index (χ4n) is 6.07. The highest BCUT2D eigenvalue weighted by atomic mass is 16.7. The molecule has 0 aromatic carbocycles. The van der Waals surface area contributed by atoms with E-state index >= 15 is 0 Å². The quantitative estimate of drug-likeness (QED) is 0.0629. The van der Waals surface area contributed by atoms with Gasteiger partial charge in [-0.1, -0.05) is 74.3 Å². The molecule has 0 aromatic heterocycles. The molecule has 4 aliphatic heterocycles. The second-order valence-corrected chi connectivity index (χ2v) is 15.8. The first-order chi connectivity index (χ1) is 35.5. The predicted molar refractivity (Wildman–Crippen MR) is 302 cm³/mol. The fourth-order valence-corrected chi connectivity index (χ4v) is 6.07. The maximum atomic E-state index is 12.6. The Labute approximate surface area is 497 Å². The molecule has 4 rings (SSSR count). The van der Waals surface area contributed by atoms with Crippen molar-refractivity contribution in [2.24, 2.45) is 11.8 Å². The van der Waals surface area contributed by atoms with Gasteiger partial charge < -0.3 is 66.8 Å². The summed E-state index contributed by atoms with van der Waals surface area (Å²) in [6.45, 7) is 6.00. The van der Waals surface area contributed by atoms with E-state index in [9.17, 15) is 57.5 Å². The summed E-state index contributed by atoms with van der Waals surface area (Å²) in [6.07, 6.45) is -2.48. The van der Waals surface area contributed by atoms with Crippen molar-refractivity contribution in [3.05, 3.63) is 0 Å². The first-order valence-corrected chi connectivity index (χ1v) is 23.1. The molecule has 0 spiro atoms. The van der Waals surface area contributed by atoms with Crippen molar-refractivity contribution >= 4 is 84.7 Å². The van der Waals surface area contributed by atoms with Crippen LogP contribution in [0.5, 0.6) is 0 Å². The number of ether oxygens (including phenoxy) is 8. The Balaban J connectivity index is -0.000000561. The molecule has 84 heavy (non-hydrogen) atoms. The van der Waals surface area contributed by atoms with Crippen LogP contribution in [-0.4, -0.2) is 210 Å². The normalized spacial score (nSPS) is 14.8. The van der Waals surface area contributed by atoms with Gasteiger partial charge in [0.15, 0.2) is 0 Å². The highest BCUT2D eigenvalue weighted by Crippen LogP contribution is 2.17. The Bertz CT molecular complexity index is 1750. The number of rotatable bonds is 35. The lowest BCUT2D eigenvalue weighted by Crippen LogP contribution is -2.36. The molecule has 30 heteroatoms. The molecule has 0 N–H and O–H groups in total. The van der Waals surface area contributed by atoms with Gasteiger partial charge in [-0.05, 0) is 13.8 Å². The molecule has 4 fully saturated rings. The van der Waals surface area contributed by atoms with Crippen LogP contribution >= 0.6 is 0 Å². The Morgan fingerprint density at radius 3 is 0.821 bits per heavy atom. The molecule has 4 aliphatic rings. The molecule has 494 valence electrons. The van der Waals surface area contributed by atoms with Gasteiger partial charge in [-0.3, -0.25) is 38.4 Å². The zero-order chi connectivity index (χ0) is 55.0. The van der Waals surface area contributed by atoms with Crippen LogP contribution in [0.4, 0.5) is 0 Å². The van der Waals surface area contributed by atoms with Gasteiger partial charge in [0.25, 0.3) is 47.3 Å². The number of hydrogen-bond donors (Lipinski definition) is 0. The monoisotopic (exact) mass is 1220 g/mol. The second-order valence-electron chi connectivity index (χ2n) is 15.8. The van der Waals surface area contributed by atoms with Crippen molar-refractivity contribution in [1.82, 2.24) is 20.3 Å². The lowest BCUT2D eigenvalue weighted by atomic mass is 10.2. The van der Waals surface area contributed by atoms with Gasteiger partial charge in [0.1, 0.15) is 25.8 Å². The van der Waals surface area contributed by atoms with E-state index in [0.29, 0.717) is 20.3 Å². The first-order valence-electron chi connectivity index (χ1n) is 23.1. The third-order valence-corrected chi connectivity index (χ3v) is 9.96. The number of carbonyl (C=O) groups excluding carboxylic acids is 14. The van der Waals surface area contributed by atoms with Crippen LogP contribution in [0.2, 0.25) is 0 Å². The summed E-state index contributed by atoms with van der Waals surface area (Å²) in [5.41, 5.74) is 0. The van der Waals surface area contributed by atoms with Crippen molar-refractivity contribution in [3.63, 3.8) is 0 Å². The van der Waals surface area contributed by atoms with Crippen LogP contribution in [0.15, 0.2) is 0 Å². The van der Waals surface area contributed by atoms with Crippen LogP contribution in [0.25, 0.3) is 0 Å². The Hall–Kier alpha value is -6.54. The van der Waals surface area contributed by atoms with Crippen LogP contribution in [0, 0.1) is 11.8 Å². The number of imide groups is 4. The minimum absolute atomic E-state index is 0. The lowest BCUT2D eigenvalue weighted by molar-refractivity contribution is -0.202. The van der Waals surface area contributed by atoms with Gasteiger partial charge in [-0.2, -0.15) is 0 Å². The molecule has 0 bridgehead atoms. The molecule has 0 saturated carbocycles. The maximum absolute atomic E-state index is 12.6. The van der Waals surface area contributed by atoms with Crippen molar-refractivity contribution in [1.29, 1.82) is 0 Å². The zero-order valence-electron chi connectivity index (χ0n) is 41.1. The van der Waals surface area contributed by atoms with E-state index in [4.69, 9.17) is 66.8 Å². The van der Waals surface area contributed by atoms with E-state index in [2.05, 4.69) is 0 Å². The van der Waals surface area contributed by atoms with Crippen LogP contribution in [0.3, 0.4) is 0 Å². The maximum Gasteiger partial charge on any atom is 0.338 e. The minimum atomic E-state index is -0.918. The van der Waals surface area contributed by atoms with E-state index < -0.39 is 95.2 Å². The minimum Gasteiger partial charge on any atom is -0.378 e. The van der Waals surface area contributed by atoms with E-state index in [1.807, 2.05) is 13.6 Å². The van der Waals surface area contributed by atoms with E-state index in [-0.39, 0.29) is 231 Å². The molecule has 30 nitrogen and oxygen atoms in total. The van der Waals surface area contributed by atoms with Crippen LogP contribution in [0.1, 0.15) is 152 Å². The Morgan fingerprint density at radius 1 is 0.333 bits per heavy atom.